The zero-order chi connectivity index (χ0) is 16.2. The Morgan fingerprint density at radius 2 is 1.96 bits per heavy atom. The Hall–Kier alpha value is -2.25. The highest BCUT2D eigenvalue weighted by molar-refractivity contribution is 5.81. The first-order chi connectivity index (χ1) is 11.1. The van der Waals surface area contributed by atoms with Crippen LogP contribution in [0.1, 0.15) is 23.3 Å². The number of benzene rings is 1. The SMILES string of the molecule is Cc1nc(CN2CCN([C@@H](C(N)=O)c3ccccc3)CC2)no1. The molecule has 1 aromatic carbocycles. The van der Waals surface area contributed by atoms with Gasteiger partial charge in [0.1, 0.15) is 6.04 Å². The Morgan fingerprint density at radius 3 is 2.52 bits per heavy atom. The number of aromatic nitrogens is 2. The van der Waals surface area contributed by atoms with Crippen LogP contribution in [0.15, 0.2) is 34.9 Å². The Balaban J connectivity index is 1.61. The van der Waals surface area contributed by atoms with Gasteiger partial charge in [-0.1, -0.05) is 35.5 Å². The molecule has 0 saturated carbocycles. The number of carbonyl (C=O) groups is 1. The topological polar surface area (TPSA) is 88.5 Å². The molecule has 7 nitrogen and oxygen atoms in total. The second kappa shape index (κ2) is 6.89. The monoisotopic (exact) mass is 315 g/mol. The molecule has 0 aliphatic carbocycles. The van der Waals surface area contributed by atoms with E-state index in [1.54, 1.807) is 6.92 Å². The minimum absolute atomic E-state index is 0.307. The fraction of sp³-hybridized carbons (Fsp3) is 0.438. The second-order valence-corrected chi connectivity index (χ2v) is 5.76. The molecule has 1 aromatic heterocycles. The fourth-order valence-corrected chi connectivity index (χ4v) is 2.98. The molecule has 1 saturated heterocycles. The molecule has 0 radical (unpaired) electrons. The van der Waals surface area contributed by atoms with Gasteiger partial charge in [-0.25, -0.2) is 0 Å². The van der Waals surface area contributed by atoms with Crippen LogP contribution in [0.25, 0.3) is 0 Å². The van der Waals surface area contributed by atoms with Gasteiger partial charge in [0.2, 0.25) is 11.8 Å². The molecular formula is C16H21N5O2. The Kier molecular flexibility index (Phi) is 4.68. The van der Waals surface area contributed by atoms with Crippen LogP contribution in [0.5, 0.6) is 0 Å². The summed E-state index contributed by atoms with van der Waals surface area (Å²) in [5, 5.41) is 3.92. The molecule has 7 heteroatoms. The number of nitrogens with two attached hydrogens (primary N) is 1. The predicted octanol–water partition coefficient (Wildman–Crippen LogP) is 0.722. The Bertz CT molecular complexity index is 650. The second-order valence-electron chi connectivity index (χ2n) is 5.76. The average Bonchev–Trinajstić information content (AvgIpc) is 2.95. The number of piperazine rings is 1. The van der Waals surface area contributed by atoms with Crippen LogP contribution in [0.2, 0.25) is 0 Å². The Labute approximate surface area is 135 Å². The molecule has 3 rings (SSSR count). The van der Waals surface area contributed by atoms with Crippen LogP contribution in [0.4, 0.5) is 0 Å². The highest BCUT2D eigenvalue weighted by Gasteiger charge is 2.29. The quantitative estimate of drug-likeness (QED) is 0.875. The fourth-order valence-electron chi connectivity index (χ4n) is 2.98. The summed E-state index contributed by atoms with van der Waals surface area (Å²) in [5.74, 6) is 0.973. The lowest BCUT2D eigenvalue weighted by Gasteiger charge is -2.37. The summed E-state index contributed by atoms with van der Waals surface area (Å²) in [6.07, 6.45) is 0. The lowest BCUT2D eigenvalue weighted by molar-refractivity contribution is -0.124. The molecule has 1 atom stereocenters. The van der Waals surface area contributed by atoms with Crippen molar-refractivity contribution >= 4 is 5.91 Å². The van der Waals surface area contributed by atoms with Crippen molar-refractivity contribution in [3.05, 3.63) is 47.6 Å². The van der Waals surface area contributed by atoms with E-state index in [4.69, 9.17) is 10.3 Å². The van der Waals surface area contributed by atoms with E-state index in [9.17, 15) is 4.79 Å². The maximum Gasteiger partial charge on any atom is 0.239 e. The molecule has 1 fully saturated rings. The van der Waals surface area contributed by atoms with Gasteiger partial charge in [-0.3, -0.25) is 14.6 Å². The minimum atomic E-state index is -0.370. The van der Waals surface area contributed by atoms with Crippen molar-refractivity contribution in [2.45, 2.75) is 19.5 Å². The predicted molar refractivity (Wildman–Crippen MR) is 84.3 cm³/mol. The first-order valence-electron chi connectivity index (χ1n) is 7.73. The average molecular weight is 315 g/mol. The highest BCUT2D eigenvalue weighted by atomic mass is 16.5. The van der Waals surface area contributed by atoms with E-state index >= 15 is 0 Å². The van der Waals surface area contributed by atoms with Crippen LogP contribution in [-0.4, -0.2) is 52.0 Å². The van der Waals surface area contributed by atoms with Gasteiger partial charge in [-0.15, -0.1) is 0 Å². The van der Waals surface area contributed by atoms with E-state index in [2.05, 4.69) is 19.9 Å². The van der Waals surface area contributed by atoms with Crippen molar-refractivity contribution in [3.63, 3.8) is 0 Å². The van der Waals surface area contributed by atoms with Gasteiger partial charge < -0.3 is 10.3 Å². The first-order valence-corrected chi connectivity index (χ1v) is 7.73. The largest absolute Gasteiger partial charge is 0.368 e. The summed E-state index contributed by atoms with van der Waals surface area (Å²) in [4.78, 5) is 20.5. The molecule has 1 aliphatic rings. The number of amides is 1. The summed E-state index contributed by atoms with van der Waals surface area (Å²) in [6, 6.07) is 9.33. The third kappa shape index (κ3) is 3.75. The van der Waals surface area contributed by atoms with Crippen molar-refractivity contribution in [3.8, 4) is 0 Å². The van der Waals surface area contributed by atoms with Crippen LogP contribution >= 0.6 is 0 Å². The first kappa shape index (κ1) is 15.6. The van der Waals surface area contributed by atoms with Crippen molar-refractivity contribution < 1.29 is 9.32 Å². The van der Waals surface area contributed by atoms with Gasteiger partial charge in [0, 0.05) is 33.1 Å². The number of aryl methyl sites for hydroxylation is 1. The van der Waals surface area contributed by atoms with Gasteiger partial charge in [0.05, 0.1) is 6.54 Å². The van der Waals surface area contributed by atoms with Crippen molar-refractivity contribution in [1.29, 1.82) is 0 Å². The molecular weight excluding hydrogens is 294 g/mol. The maximum atomic E-state index is 11.9. The van der Waals surface area contributed by atoms with Crippen LogP contribution < -0.4 is 5.73 Å². The zero-order valence-electron chi connectivity index (χ0n) is 13.2. The third-order valence-corrected chi connectivity index (χ3v) is 4.09. The van der Waals surface area contributed by atoms with Gasteiger partial charge in [0.25, 0.3) is 0 Å². The van der Waals surface area contributed by atoms with E-state index in [0.29, 0.717) is 18.3 Å². The standard InChI is InChI=1S/C16H21N5O2/c1-12-18-14(19-23-12)11-20-7-9-21(10-8-20)15(16(17)22)13-5-3-2-4-6-13/h2-6,15H,7-11H2,1H3,(H2,17,22)/t15-/m1/s1. The van der Waals surface area contributed by atoms with Gasteiger partial charge in [0.15, 0.2) is 5.82 Å². The minimum Gasteiger partial charge on any atom is -0.368 e. The molecule has 1 aliphatic heterocycles. The molecule has 0 bridgehead atoms. The molecule has 2 N–H and O–H groups in total. The van der Waals surface area contributed by atoms with E-state index in [1.165, 1.54) is 0 Å². The molecule has 1 amide bonds. The van der Waals surface area contributed by atoms with Gasteiger partial charge in [-0.2, -0.15) is 4.98 Å². The van der Waals surface area contributed by atoms with Crippen LogP contribution in [-0.2, 0) is 11.3 Å². The van der Waals surface area contributed by atoms with Crippen molar-refractivity contribution in [2.24, 2.45) is 5.73 Å². The third-order valence-electron chi connectivity index (χ3n) is 4.09. The van der Waals surface area contributed by atoms with Gasteiger partial charge in [-0.05, 0) is 5.56 Å². The summed E-state index contributed by atoms with van der Waals surface area (Å²) < 4.78 is 5.00. The van der Waals surface area contributed by atoms with E-state index < -0.39 is 0 Å². The molecule has 2 aromatic rings. The summed E-state index contributed by atoms with van der Waals surface area (Å²) in [6.45, 7) is 5.68. The summed E-state index contributed by atoms with van der Waals surface area (Å²) in [5.41, 5.74) is 6.58. The summed E-state index contributed by atoms with van der Waals surface area (Å²) in [7, 11) is 0. The zero-order valence-corrected chi connectivity index (χ0v) is 13.2. The lowest BCUT2D eigenvalue weighted by Crippen LogP contribution is -2.50. The molecule has 0 spiro atoms. The smallest absolute Gasteiger partial charge is 0.239 e. The molecule has 122 valence electrons. The molecule has 23 heavy (non-hydrogen) atoms. The lowest BCUT2D eigenvalue weighted by atomic mass is 10.0. The Morgan fingerprint density at radius 1 is 1.26 bits per heavy atom. The number of carbonyl (C=O) groups excluding carboxylic acids is 1. The van der Waals surface area contributed by atoms with Crippen LogP contribution in [0.3, 0.4) is 0 Å². The van der Waals surface area contributed by atoms with Crippen LogP contribution in [0, 0.1) is 6.92 Å². The van der Waals surface area contributed by atoms with Crippen molar-refractivity contribution in [2.75, 3.05) is 26.2 Å². The normalized spacial score (nSPS) is 18.0. The maximum absolute atomic E-state index is 11.9. The van der Waals surface area contributed by atoms with E-state index in [0.717, 1.165) is 31.7 Å². The summed E-state index contributed by atoms with van der Waals surface area (Å²) >= 11 is 0. The number of hydrogen-bond donors (Lipinski definition) is 1. The number of primary amides is 1. The number of nitrogens with zero attached hydrogens (tertiary/aromatic N) is 4. The molecule has 2 heterocycles. The molecule has 0 unspecified atom stereocenters. The van der Waals surface area contributed by atoms with Crippen molar-refractivity contribution in [1.82, 2.24) is 19.9 Å². The van der Waals surface area contributed by atoms with Gasteiger partial charge >= 0.3 is 0 Å². The number of rotatable bonds is 5. The van der Waals surface area contributed by atoms with E-state index in [1.807, 2.05) is 30.3 Å². The van der Waals surface area contributed by atoms with E-state index in [-0.39, 0.29) is 11.9 Å². The number of hydrogen-bond acceptors (Lipinski definition) is 6. The highest BCUT2D eigenvalue weighted by Crippen LogP contribution is 2.22.